The smallest absolute Gasteiger partial charge is 0.229 e. The summed E-state index contributed by atoms with van der Waals surface area (Å²) in [4.78, 5) is 31.1. The molecular weight excluding hydrogens is 364 g/mol. The van der Waals surface area contributed by atoms with E-state index in [0.717, 1.165) is 35.8 Å². The van der Waals surface area contributed by atoms with Gasteiger partial charge in [-0.3, -0.25) is 9.59 Å². The second-order valence-corrected chi connectivity index (χ2v) is 7.52. The molecule has 0 radical (unpaired) electrons. The van der Waals surface area contributed by atoms with Gasteiger partial charge >= 0.3 is 0 Å². The second kappa shape index (κ2) is 8.99. The van der Waals surface area contributed by atoms with Crippen LogP contribution in [0.25, 0.3) is 0 Å². The predicted molar refractivity (Wildman–Crippen MR) is 120 cm³/mol. The molecule has 1 atom stereocenters. The van der Waals surface area contributed by atoms with Crippen molar-refractivity contribution < 1.29 is 9.59 Å². The molecule has 1 heterocycles. The van der Waals surface area contributed by atoms with Gasteiger partial charge in [-0.25, -0.2) is 0 Å². The molecule has 0 aliphatic carbocycles. The van der Waals surface area contributed by atoms with Crippen LogP contribution >= 0.6 is 0 Å². The number of hydrogen-bond donors (Lipinski definition) is 1. The van der Waals surface area contributed by atoms with Gasteiger partial charge in [0.15, 0.2) is 0 Å². The van der Waals surface area contributed by atoms with Gasteiger partial charge in [-0.2, -0.15) is 0 Å². The van der Waals surface area contributed by atoms with Crippen molar-refractivity contribution in [2.75, 3.05) is 53.7 Å². The lowest BCUT2D eigenvalue weighted by Crippen LogP contribution is -2.28. The Bertz CT molecular complexity index is 842. The van der Waals surface area contributed by atoms with Gasteiger partial charge in [0.05, 0.1) is 5.92 Å². The Kier molecular flexibility index (Phi) is 6.42. The highest BCUT2D eigenvalue weighted by Gasteiger charge is 2.35. The van der Waals surface area contributed by atoms with Crippen molar-refractivity contribution in [1.82, 2.24) is 0 Å². The number of anilines is 4. The molecule has 1 unspecified atom stereocenters. The second-order valence-electron chi connectivity index (χ2n) is 7.52. The largest absolute Gasteiger partial charge is 0.378 e. The molecule has 1 aliphatic heterocycles. The van der Waals surface area contributed by atoms with Crippen LogP contribution in [0.4, 0.5) is 22.7 Å². The minimum atomic E-state index is -0.349. The van der Waals surface area contributed by atoms with Crippen LogP contribution < -0.4 is 20.0 Å². The standard InChI is InChI=1S/C23H30N4O2/c1-5-26(6-2)20-9-7-18(8-10-20)24-23(29)17-15-22(28)27(16-17)21-13-11-19(12-14-21)25(3)4/h7-14,17H,5-6,15-16H2,1-4H3,(H,24,29). The van der Waals surface area contributed by atoms with Gasteiger partial charge in [0.25, 0.3) is 0 Å². The predicted octanol–water partition coefficient (Wildman–Crippen LogP) is 3.59. The first-order valence-corrected chi connectivity index (χ1v) is 10.2. The minimum absolute atomic E-state index is 0.0142. The Hall–Kier alpha value is -3.02. The van der Waals surface area contributed by atoms with Crippen molar-refractivity contribution in [2.45, 2.75) is 20.3 Å². The number of benzene rings is 2. The lowest BCUT2D eigenvalue weighted by molar-refractivity contribution is -0.122. The summed E-state index contributed by atoms with van der Waals surface area (Å²) in [7, 11) is 3.95. The third-order valence-electron chi connectivity index (χ3n) is 5.44. The van der Waals surface area contributed by atoms with Gasteiger partial charge in [0, 0.05) is 62.9 Å². The fourth-order valence-electron chi connectivity index (χ4n) is 3.65. The summed E-state index contributed by atoms with van der Waals surface area (Å²) >= 11 is 0. The topological polar surface area (TPSA) is 55.9 Å². The molecule has 2 aromatic carbocycles. The zero-order valence-corrected chi connectivity index (χ0v) is 17.7. The van der Waals surface area contributed by atoms with E-state index in [-0.39, 0.29) is 24.2 Å². The fourth-order valence-corrected chi connectivity index (χ4v) is 3.65. The van der Waals surface area contributed by atoms with Gasteiger partial charge < -0.3 is 20.0 Å². The first-order valence-electron chi connectivity index (χ1n) is 10.2. The number of amides is 2. The maximum atomic E-state index is 12.7. The zero-order valence-electron chi connectivity index (χ0n) is 17.7. The molecule has 1 N–H and O–H groups in total. The van der Waals surface area contributed by atoms with Crippen molar-refractivity contribution in [2.24, 2.45) is 5.92 Å². The third kappa shape index (κ3) is 4.70. The molecular formula is C23H30N4O2. The first-order chi connectivity index (χ1) is 13.9. The monoisotopic (exact) mass is 394 g/mol. The van der Waals surface area contributed by atoms with Crippen molar-refractivity contribution in [3.8, 4) is 0 Å². The molecule has 1 fully saturated rings. The van der Waals surface area contributed by atoms with E-state index in [9.17, 15) is 9.59 Å². The van der Waals surface area contributed by atoms with Gasteiger partial charge in [-0.15, -0.1) is 0 Å². The van der Waals surface area contributed by atoms with Gasteiger partial charge in [-0.1, -0.05) is 0 Å². The molecule has 0 spiro atoms. The number of nitrogens with zero attached hydrogens (tertiary/aromatic N) is 3. The van der Waals surface area contributed by atoms with Gasteiger partial charge in [0.2, 0.25) is 11.8 Å². The van der Waals surface area contributed by atoms with E-state index in [1.165, 1.54) is 0 Å². The molecule has 2 amide bonds. The summed E-state index contributed by atoms with van der Waals surface area (Å²) in [5.74, 6) is -0.473. The quantitative estimate of drug-likeness (QED) is 0.780. The Morgan fingerprint density at radius 1 is 1.00 bits per heavy atom. The average Bonchev–Trinajstić information content (AvgIpc) is 3.12. The Labute approximate surface area is 173 Å². The molecule has 2 aromatic rings. The number of carbonyl (C=O) groups excluding carboxylic acids is 2. The fraction of sp³-hybridized carbons (Fsp3) is 0.391. The number of hydrogen-bond acceptors (Lipinski definition) is 4. The van der Waals surface area contributed by atoms with Crippen LogP contribution in [-0.2, 0) is 9.59 Å². The molecule has 0 bridgehead atoms. The number of carbonyl (C=O) groups is 2. The van der Waals surface area contributed by atoms with Crippen LogP contribution in [0, 0.1) is 5.92 Å². The molecule has 1 aliphatic rings. The summed E-state index contributed by atoms with van der Waals surface area (Å²) in [5.41, 5.74) is 3.80. The summed E-state index contributed by atoms with van der Waals surface area (Å²) in [5, 5.41) is 2.96. The lowest BCUT2D eigenvalue weighted by Gasteiger charge is -2.21. The SMILES string of the molecule is CCN(CC)c1ccc(NC(=O)C2CC(=O)N(c3ccc(N(C)C)cc3)C2)cc1. The summed E-state index contributed by atoms with van der Waals surface area (Å²) in [6, 6.07) is 15.7. The van der Waals surface area contributed by atoms with Gasteiger partial charge in [0.1, 0.15) is 0 Å². The molecule has 0 aromatic heterocycles. The Balaban J connectivity index is 1.63. The van der Waals surface area contributed by atoms with Crippen LogP contribution in [-0.4, -0.2) is 45.5 Å². The van der Waals surface area contributed by atoms with E-state index in [2.05, 4.69) is 24.1 Å². The molecule has 29 heavy (non-hydrogen) atoms. The van der Waals surface area contributed by atoms with Crippen molar-refractivity contribution >= 4 is 34.6 Å². The highest BCUT2D eigenvalue weighted by Crippen LogP contribution is 2.28. The van der Waals surface area contributed by atoms with Crippen molar-refractivity contribution in [3.63, 3.8) is 0 Å². The molecule has 6 heteroatoms. The van der Waals surface area contributed by atoms with E-state index in [0.29, 0.717) is 6.54 Å². The Morgan fingerprint density at radius 2 is 1.59 bits per heavy atom. The van der Waals surface area contributed by atoms with Crippen molar-refractivity contribution in [1.29, 1.82) is 0 Å². The number of rotatable bonds is 7. The Morgan fingerprint density at radius 3 is 2.14 bits per heavy atom. The summed E-state index contributed by atoms with van der Waals surface area (Å²) < 4.78 is 0. The third-order valence-corrected chi connectivity index (χ3v) is 5.44. The van der Waals surface area contributed by atoms with Gasteiger partial charge in [-0.05, 0) is 62.4 Å². The van der Waals surface area contributed by atoms with E-state index < -0.39 is 0 Å². The van der Waals surface area contributed by atoms with Crippen molar-refractivity contribution in [3.05, 3.63) is 48.5 Å². The van der Waals surface area contributed by atoms with Crippen LogP contribution in [0.1, 0.15) is 20.3 Å². The maximum absolute atomic E-state index is 12.7. The van der Waals surface area contributed by atoms with Crippen LogP contribution in [0.2, 0.25) is 0 Å². The highest BCUT2D eigenvalue weighted by molar-refractivity contribution is 6.03. The van der Waals surface area contributed by atoms with Crippen LogP contribution in [0.15, 0.2) is 48.5 Å². The molecule has 154 valence electrons. The highest BCUT2D eigenvalue weighted by atomic mass is 16.2. The molecule has 6 nitrogen and oxygen atoms in total. The molecule has 0 saturated carbocycles. The lowest BCUT2D eigenvalue weighted by atomic mass is 10.1. The average molecular weight is 395 g/mol. The van der Waals surface area contributed by atoms with E-state index >= 15 is 0 Å². The minimum Gasteiger partial charge on any atom is -0.378 e. The maximum Gasteiger partial charge on any atom is 0.229 e. The van der Waals surface area contributed by atoms with E-state index in [1.54, 1.807) is 4.90 Å². The summed E-state index contributed by atoms with van der Waals surface area (Å²) in [6.45, 7) is 6.53. The van der Waals surface area contributed by atoms with Crippen LogP contribution in [0.5, 0.6) is 0 Å². The van der Waals surface area contributed by atoms with E-state index in [1.807, 2.05) is 67.5 Å². The zero-order chi connectivity index (χ0) is 21.0. The summed E-state index contributed by atoms with van der Waals surface area (Å²) in [6.07, 6.45) is 0.235. The molecule has 3 rings (SSSR count). The first kappa shape index (κ1) is 20.7. The van der Waals surface area contributed by atoms with E-state index in [4.69, 9.17) is 0 Å². The van der Waals surface area contributed by atoms with Crippen LogP contribution in [0.3, 0.4) is 0 Å². The number of nitrogens with one attached hydrogen (secondary N) is 1. The normalized spacial score (nSPS) is 16.1. The molecule has 1 saturated heterocycles.